The minimum Gasteiger partial charge on any atom is -0.473 e. The van der Waals surface area contributed by atoms with Gasteiger partial charge in [-0.1, -0.05) is 24.3 Å². The smallest absolute Gasteiger partial charge is 0.414 e. The van der Waals surface area contributed by atoms with E-state index >= 15 is 0 Å². The number of nitrogens with one attached hydrogen (secondary N) is 2. The van der Waals surface area contributed by atoms with Gasteiger partial charge in [0, 0.05) is 12.2 Å². The molecular weight excluding hydrogens is 356 g/mol. The first-order valence-electron chi connectivity index (χ1n) is 7.86. The van der Waals surface area contributed by atoms with E-state index in [1.165, 1.54) is 0 Å². The molecule has 27 heavy (non-hydrogen) atoms. The van der Waals surface area contributed by atoms with Crippen LogP contribution < -0.4 is 20.1 Å². The van der Waals surface area contributed by atoms with Crippen molar-refractivity contribution in [2.24, 2.45) is 0 Å². The monoisotopic (exact) mass is 374 g/mol. The molecule has 0 atom stereocenters. The van der Waals surface area contributed by atoms with Gasteiger partial charge < -0.3 is 30.3 Å². The van der Waals surface area contributed by atoms with Crippen molar-refractivity contribution in [3.63, 3.8) is 0 Å². The Morgan fingerprint density at radius 1 is 0.926 bits per heavy atom. The lowest BCUT2D eigenvalue weighted by Gasteiger charge is -2.07. The van der Waals surface area contributed by atoms with Gasteiger partial charge in [0.1, 0.15) is 0 Å². The maximum atomic E-state index is 11.8. The molecule has 0 radical (unpaired) electrons. The van der Waals surface area contributed by atoms with Crippen molar-refractivity contribution in [3.05, 3.63) is 54.1 Å². The molecular formula is C18H18N2O7. The van der Waals surface area contributed by atoms with E-state index in [2.05, 4.69) is 10.6 Å². The number of benzene rings is 2. The van der Waals surface area contributed by atoms with E-state index < -0.39 is 11.9 Å². The molecule has 1 heterocycles. The highest BCUT2D eigenvalue weighted by Gasteiger charge is 2.13. The normalized spacial score (nSPS) is 11.1. The summed E-state index contributed by atoms with van der Waals surface area (Å²) in [7, 11) is 0. The highest BCUT2D eigenvalue weighted by molar-refractivity contribution is 6.27. The molecule has 3 rings (SSSR count). The van der Waals surface area contributed by atoms with Gasteiger partial charge in [-0.2, -0.15) is 0 Å². The topological polar surface area (TPSA) is 134 Å². The van der Waals surface area contributed by atoms with Gasteiger partial charge in [0.2, 0.25) is 12.7 Å². The molecule has 9 heteroatoms. The molecule has 0 aromatic heterocycles. The maximum absolute atomic E-state index is 11.8. The van der Waals surface area contributed by atoms with Crippen LogP contribution in [0.5, 0.6) is 11.5 Å². The first-order valence-corrected chi connectivity index (χ1v) is 7.86. The molecule has 2 aromatic rings. The molecule has 0 spiro atoms. The van der Waals surface area contributed by atoms with Gasteiger partial charge in [-0.05, 0) is 29.8 Å². The minimum absolute atomic E-state index is 0.0676. The molecule has 0 bridgehead atoms. The van der Waals surface area contributed by atoms with Gasteiger partial charge in [-0.3, -0.25) is 4.79 Å². The van der Waals surface area contributed by atoms with E-state index in [-0.39, 0.29) is 19.2 Å². The number of aliphatic carboxylic acids is 2. The number of carboxylic acids is 2. The molecule has 0 fully saturated rings. The predicted octanol–water partition coefficient (Wildman–Crippen LogP) is 1.30. The van der Waals surface area contributed by atoms with Crippen LogP contribution in [0, 0.1) is 0 Å². The second-order valence-corrected chi connectivity index (χ2v) is 5.32. The van der Waals surface area contributed by atoms with Crippen molar-refractivity contribution in [3.8, 4) is 11.5 Å². The Hall–Kier alpha value is -3.59. The first kappa shape index (κ1) is 19.7. The molecule has 0 unspecified atom stereocenters. The van der Waals surface area contributed by atoms with Crippen molar-refractivity contribution in [1.29, 1.82) is 0 Å². The van der Waals surface area contributed by atoms with Crippen LogP contribution >= 0.6 is 0 Å². The number of amides is 1. The summed E-state index contributed by atoms with van der Waals surface area (Å²) in [6.07, 6.45) is 0. The maximum Gasteiger partial charge on any atom is 0.414 e. The Labute approximate surface area is 154 Å². The van der Waals surface area contributed by atoms with Crippen molar-refractivity contribution in [2.75, 3.05) is 18.7 Å². The minimum atomic E-state index is -1.82. The van der Waals surface area contributed by atoms with Crippen molar-refractivity contribution in [1.82, 2.24) is 5.32 Å². The second kappa shape index (κ2) is 9.78. The first-order chi connectivity index (χ1) is 13.0. The van der Waals surface area contributed by atoms with E-state index in [4.69, 9.17) is 29.3 Å². The summed E-state index contributed by atoms with van der Waals surface area (Å²) in [6.45, 7) is 1.12. The van der Waals surface area contributed by atoms with Gasteiger partial charge in [0.15, 0.2) is 11.5 Å². The summed E-state index contributed by atoms with van der Waals surface area (Å²) in [5.74, 6) is -2.20. The molecule has 142 valence electrons. The third kappa shape index (κ3) is 6.67. The van der Waals surface area contributed by atoms with Gasteiger partial charge in [0.05, 0.1) is 6.54 Å². The largest absolute Gasteiger partial charge is 0.473 e. The van der Waals surface area contributed by atoms with Crippen molar-refractivity contribution < 1.29 is 34.1 Å². The van der Waals surface area contributed by atoms with Crippen molar-refractivity contribution >= 4 is 23.5 Å². The highest BCUT2D eigenvalue weighted by Crippen LogP contribution is 2.32. The SMILES string of the molecule is O=C(CNCc1ccc2c(c1)OCO2)Nc1ccccc1.O=C(O)C(=O)O. The molecule has 9 nitrogen and oxygen atoms in total. The summed E-state index contributed by atoms with van der Waals surface area (Å²) < 4.78 is 10.6. The van der Waals surface area contributed by atoms with Crippen LogP contribution in [-0.2, 0) is 20.9 Å². The third-order valence-corrected chi connectivity index (χ3v) is 3.29. The second-order valence-electron chi connectivity index (χ2n) is 5.32. The Balaban J connectivity index is 0.000000380. The zero-order valence-corrected chi connectivity index (χ0v) is 14.2. The number of hydrogen-bond acceptors (Lipinski definition) is 6. The van der Waals surface area contributed by atoms with Crippen molar-refractivity contribution in [2.45, 2.75) is 6.54 Å². The lowest BCUT2D eigenvalue weighted by Crippen LogP contribution is -2.27. The van der Waals surface area contributed by atoms with Gasteiger partial charge in [0.25, 0.3) is 0 Å². The highest BCUT2D eigenvalue weighted by atomic mass is 16.7. The zero-order chi connectivity index (χ0) is 19.6. The Bertz CT molecular complexity index is 797. The summed E-state index contributed by atoms with van der Waals surface area (Å²) in [5.41, 5.74) is 1.85. The number of carbonyl (C=O) groups is 3. The number of para-hydroxylation sites is 1. The molecule has 0 saturated carbocycles. The van der Waals surface area contributed by atoms with Gasteiger partial charge in [-0.25, -0.2) is 9.59 Å². The number of carbonyl (C=O) groups excluding carboxylic acids is 1. The quantitative estimate of drug-likeness (QED) is 0.575. The average Bonchev–Trinajstić information content (AvgIpc) is 3.11. The summed E-state index contributed by atoms with van der Waals surface area (Å²) in [5, 5.41) is 20.7. The van der Waals surface area contributed by atoms with Crippen LogP contribution in [-0.4, -0.2) is 41.4 Å². The zero-order valence-electron chi connectivity index (χ0n) is 14.2. The summed E-state index contributed by atoms with van der Waals surface area (Å²) in [4.78, 5) is 30.0. The molecule has 0 aliphatic carbocycles. The number of rotatable bonds is 5. The standard InChI is InChI=1S/C16H16N2O3.C2H2O4/c19-16(18-13-4-2-1-3-5-13)10-17-9-12-6-7-14-15(8-12)21-11-20-14;3-1(4)2(5)6/h1-8,17H,9-11H2,(H,18,19);(H,3,4)(H,5,6). The van der Waals surface area contributed by atoms with E-state index in [9.17, 15) is 4.79 Å². The lowest BCUT2D eigenvalue weighted by molar-refractivity contribution is -0.159. The van der Waals surface area contributed by atoms with Crippen LogP contribution in [0.3, 0.4) is 0 Å². The Morgan fingerprint density at radius 3 is 2.26 bits per heavy atom. The molecule has 1 amide bonds. The fraction of sp³-hybridized carbons (Fsp3) is 0.167. The predicted molar refractivity (Wildman–Crippen MR) is 94.6 cm³/mol. The fourth-order valence-corrected chi connectivity index (χ4v) is 2.10. The fourth-order valence-electron chi connectivity index (χ4n) is 2.10. The summed E-state index contributed by atoms with van der Waals surface area (Å²) in [6, 6.07) is 15.1. The van der Waals surface area contributed by atoms with E-state index in [1.807, 2.05) is 48.5 Å². The third-order valence-electron chi connectivity index (χ3n) is 3.29. The Kier molecular flexibility index (Phi) is 7.15. The van der Waals surface area contributed by atoms with Crippen LogP contribution in [0.1, 0.15) is 5.56 Å². The number of fused-ring (bicyclic) bond motifs is 1. The van der Waals surface area contributed by atoms with Crippen LogP contribution in [0.2, 0.25) is 0 Å². The van der Waals surface area contributed by atoms with Crippen LogP contribution in [0.25, 0.3) is 0 Å². The molecule has 2 aromatic carbocycles. The van der Waals surface area contributed by atoms with E-state index in [0.29, 0.717) is 6.54 Å². The number of carboxylic acid groups (broad SMARTS) is 2. The van der Waals surface area contributed by atoms with E-state index in [0.717, 1.165) is 22.7 Å². The number of ether oxygens (including phenoxy) is 2. The Morgan fingerprint density at radius 2 is 1.59 bits per heavy atom. The van der Waals surface area contributed by atoms with Gasteiger partial charge in [-0.15, -0.1) is 0 Å². The molecule has 1 aliphatic heterocycles. The molecule has 1 aliphatic rings. The van der Waals surface area contributed by atoms with Crippen LogP contribution in [0.4, 0.5) is 5.69 Å². The molecule has 0 saturated heterocycles. The van der Waals surface area contributed by atoms with Gasteiger partial charge >= 0.3 is 11.9 Å². The number of anilines is 1. The molecule has 4 N–H and O–H groups in total. The summed E-state index contributed by atoms with van der Waals surface area (Å²) >= 11 is 0. The number of hydrogen-bond donors (Lipinski definition) is 4. The average molecular weight is 374 g/mol. The lowest BCUT2D eigenvalue weighted by atomic mass is 10.2. The van der Waals surface area contributed by atoms with E-state index in [1.54, 1.807) is 0 Å². The van der Waals surface area contributed by atoms with Crippen LogP contribution in [0.15, 0.2) is 48.5 Å².